The maximum absolute atomic E-state index is 12.8. The van der Waals surface area contributed by atoms with Gasteiger partial charge in [0.25, 0.3) is 0 Å². The number of aryl methyl sites for hydroxylation is 1. The van der Waals surface area contributed by atoms with Crippen LogP contribution in [-0.4, -0.2) is 22.0 Å². The summed E-state index contributed by atoms with van der Waals surface area (Å²) in [5, 5.41) is 10.6. The molecule has 0 saturated carbocycles. The molecule has 0 spiro atoms. The van der Waals surface area contributed by atoms with Gasteiger partial charge in [-0.15, -0.1) is 5.10 Å². The first-order valence-electron chi connectivity index (χ1n) is 5.66. The molecule has 1 aromatic carbocycles. The zero-order valence-electron chi connectivity index (χ0n) is 10.5. The molecule has 0 aliphatic heterocycles. The summed E-state index contributed by atoms with van der Waals surface area (Å²) in [6.07, 6.45) is -2.77. The molecule has 4 nitrogen and oxygen atoms in total. The van der Waals surface area contributed by atoms with E-state index in [2.05, 4.69) is 15.6 Å². The third-order valence-corrected chi connectivity index (χ3v) is 2.69. The summed E-state index contributed by atoms with van der Waals surface area (Å²) in [5.74, 6) is 0. The van der Waals surface area contributed by atoms with Crippen molar-refractivity contribution in [1.29, 1.82) is 0 Å². The highest BCUT2D eigenvalue weighted by Crippen LogP contribution is 2.32. The van der Waals surface area contributed by atoms with Crippen LogP contribution in [0.15, 0.2) is 24.4 Å². The van der Waals surface area contributed by atoms with Crippen molar-refractivity contribution in [2.24, 2.45) is 0 Å². The van der Waals surface area contributed by atoms with E-state index in [1.54, 1.807) is 19.3 Å². The van der Waals surface area contributed by atoms with Crippen LogP contribution in [-0.2, 0) is 12.7 Å². The molecule has 1 heterocycles. The number of rotatable bonds is 3. The van der Waals surface area contributed by atoms with E-state index >= 15 is 0 Å². The summed E-state index contributed by atoms with van der Waals surface area (Å²) < 4.78 is 39.8. The zero-order valence-corrected chi connectivity index (χ0v) is 10.5. The maximum Gasteiger partial charge on any atom is 0.416 e. The Hall–Kier alpha value is -1.89. The molecule has 1 N–H and O–H groups in total. The predicted molar refractivity (Wildman–Crippen MR) is 63.9 cm³/mol. The summed E-state index contributed by atoms with van der Waals surface area (Å²) in [7, 11) is 1.76. The third-order valence-electron chi connectivity index (χ3n) is 2.69. The minimum atomic E-state index is -4.37. The van der Waals surface area contributed by atoms with Gasteiger partial charge in [0.1, 0.15) is 0 Å². The van der Waals surface area contributed by atoms with Gasteiger partial charge in [0.15, 0.2) is 0 Å². The van der Waals surface area contributed by atoms with Crippen LogP contribution < -0.4 is 5.32 Å². The number of nitrogens with one attached hydrogen (secondary N) is 1. The minimum Gasteiger partial charge on any atom is -0.314 e. The van der Waals surface area contributed by atoms with Crippen LogP contribution in [0.4, 0.5) is 13.2 Å². The van der Waals surface area contributed by atoms with Crippen LogP contribution in [0.2, 0.25) is 0 Å². The van der Waals surface area contributed by atoms with E-state index < -0.39 is 11.7 Å². The highest BCUT2D eigenvalue weighted by molar-refractivity contribution is 5.41. The average Bonchev–Trinajstić information content (AvgIpc) is 2.77. The number of hydrogen-bond donors (Lipinski definition) is 1. The fourth-order valence-corrected chi connectivity index (χ4v) is 1.74. The topological polar surface area (TPSA) is 42.7 Å². The molecular formula is C12H13F3N4. The largest absolute Gasteiger partial charge is 0.416 e. The molecule has 0 radical (unpaired) electrons. The lowest BCUT2D eigenvalue weighted by atomic mass is 10.1. The van der Waals surface area contributed by atoms with E-state index in [0.29, 0.717) is 17.9 Å². The van der Waals surface area contributed by atoms with Gasteiger partial charge in [0.05, 0.1) is 23.1 Å². The Bertz CT molecular complexity index is 575. The van der Waals surface area contributed by atoms with Crippen molar-refractivity contribution < 1.29 is 13.2 Å². The highest BCUT2D eigenvalue weighted by atomic mass is 19.4. The minimum absolute atomic E-state index is 0.187. The monoisotopic (exact) mass is 270 g/mol. The number of hydrogen-bond acceptors (Lipinski definition) is 3. The van der Waals surface area contributed by atoms with Crippen LogP contribution in [0.5, 0.6) is 0 Å². The molecule has 0 amide bonds. The summed E-state index contributed by atoms with van der Waals surface area (Å²) in [6, 6.07) is 4.09. The second-order valence-electron chi connectivity index (χ2n) is 4.18. The van der Waals surface area contributed by atoms with E-state index in [0.717, 1.165) is 6.07 Å². The van der Waals surface area contributed by atoms with Gasteiger partial charge in [-0.2, -0.15) is 13.2 Å². The Labute approximate surface area is 108 Å². The van der Waals surface area contributed by atoms with Crippen molar-refractivity contribution in [1.82, 2.24) is 20.3 Å². The lowest BCUT2D eigenvalue weighted by Crippen LogP contribution is -2.09. The lowest BCUT2D eigenvalue weighted by Gasteiger charge is -2.11. The predicted octanol–water partition coefficient (Wildman–Crippen LogP) is 2.31. The van der Waals surface area contributed by atoms with Crippen LogP contribution in [0.25, 0.3) is 5.69 Å². The van der Waals surface area contributed by atoms with Gasteiger partial charge in [0.2, 0.25) is 0 Å². The lowest BCUT2D eigenvalue weighted by molar-refractivity contribution is -0.138. The first-order valence-corrected chi connectivity index (χ1v) is 5.66. The standard InChI is InChI=1S/C12H13F3N4/c1-8-3-4-10(5-11(8)12(13,14)15)19-7-9(6-16-2)17-18-19/h3-5,7,16H,6H2,1-2H3. The van der Waals surface area contributed by atoms with Gasteiger partial charge >= 0.3 is 6.18 Å². The first-order chi connectivity index (χ1) is 8.91. The fourth-order valence-electron chi connectivity index (χ4n) is 1.74. The molecular weight excluding hydrogens is 257 g/mol. The summed E-state index contributed by atoms with van der Waals surface area (Å²) in [6.45, 7) is 1.94. The Balaban J connectivity index is 2.39. The van der Waals surface area contributed by atoms with Gasteiger partial charge in [-0.3, -0.25) is 0 Å². The van der Waals surface area contributed by atoms with Crippen LogP contribution in [0.3, 0.4) is 0 Å². The van der Waals surface area contributed by atoms with Crippen molar-refractivity contribution >= 4 is 0 Å². The summed E-state index contributed by atoms with van der Waals surface area (Å²) in [5.41, 5.74) is 0.534. The van der Waals surface area contributed by atoms with Crippen LogP contribution >= 0.6 is 0 Å². The Morgan fingerprint density at radius 3 is 2.68 bits per heavy atom. The van der Waals surface area contributed by atoms with Crippen LogP contribution in [0.1, 0.15) is 16.8 Å². The molecule has 0 bridgehead atoms. The smallest absolute Gasteiger partial charge is 0.314 e. The molecule has 0 aliphatic carbocycles. The van der Waals surface area contributed by atoms with E-state index in [1.165, 1.54) is 17.7 Å². The average molecular weight is 270 g/mol. The second-order valence-corrected chi connectivity index (χ2v) is 4.18. The highest BCUT2D eigenvalue weighted by Gasteiger charge is 2.32. The fraction of sp³-hybridized carbons (Fsp3) is 0.333. The van der Waals surface area contributed by atoms with Gasteiger partial charge < -0.3 is 5.32 Å². The molecule has 2 aromatic rings. The molecule has 0 aliphatic rings. The number of alkyl halides is 3. The number of benzene rings is 1. The van der Waals surface area contributed by atoms with E-state index in [9.17, 15) is 13.2 Å². The molecule has 1 aromatic heterocycles. The number of halogens is 3. The van der Waals surface area contributed by atoms with Gasteiger partial charge in [0, 0.05) is 6.54 Å². The molecule has 2 rings (SSSR count). The molecule has 0 unspecified atom stereocenters. The van der Waals surface area contributed by atoms with Gasteiger partial charge in [-0.05, 0) is 31.7 Å². The van der Waals surface area contributed by atoms with Crippen LogP contribution in [0, 0.1) is 6.92 Å². The molecule has 102 valence electrons. The zero-order chi connectivity index (χ0) is 14.0. The molecule has 7 heteroatoms. The second kappa shape index (κ2) is 5.00. The Morgan fingerprint density at radius 2 is 2.05 bits per heavy atom. The Morgan fingerprint density at radius 1 is 1.32 bits per heavy atom. The molecule has 0 atom stereocenters. The summed E-state index contributed by atoms with van der Waals surface area (Å²) >= 11 is 0. The first kappa shape index (κ1) is 13.5. The quantitative estimate of drug-likeness (QED) is 0.930. The number of nitrogens with zero attached hydrogens (tertiary/aromatic N) is 3. The summed E-state index contributed by atoms with van der Waals surface area (Å²) in [4.78, 5) is 0. The van der Waals surface area contributed by atoms with Crippen molar-refractivity contribution in [2.45, 2.75) is 19.6 Å². The normalized spacial score (nSPS) is 11.8. The van der Waals surface area contributed by atoms with E-state index in [4.69, 9.17) is 0 Å². The van der Waals surface area contributed by atoms with Crippen molar-refractivity contribution in [3.8, 4) is 5.69 Å². The van der Waals surface area contributed by atoms with Crippen molar-refractivity contribution in [2.75, 3.05) is 7.05 Å². The molecule has 0 saturated heterocycles. The maximum atomic E-state index is 12.8. The molecule has 19 heavy (non-hydrogen) atoms. The van der Waals surface area contributed by atoms with Gasteiger partial charge in [-0.1, -0.05) is 11.3 Å². The molecule has 0 fully saturated rings. The Kier molecular flexibility index (Phi) is 3.57. The van der Waals surface area contributed by atoms with E-state index in [1.807, 2.05) is 0 Å². The van der Waals surface area contributed by atoms with E-state index in [-0.39, 0.29) is 5.56 Å². The van der Waals surface area contributed by atoms with Gasteiger partial charge in [-0.25, -0.2) is 4.68 Å². The third kappa shape index (κ3) is 2.93. The van der Waals surface area contributed by atoms with Crippen molar-refractivity contribution in [3.05, 3.63) is 41.2 Å². The van der Waals surface area contributed by atoms with Crippen molar-refractivity contribution in [3.63, 3.8) is 0 Å². The number of aromatic nitrogens is 3. The SMILES string of the molecule is CNCc1cn(-c2ccc(C)c(C(F)(F)F)c2)nn1.